The number of nitrogens with zero attached hydrogens (tertiary/aromatic N) is 1. The van der Waals surface area contributed by atoms with Crippen LogP contribution < -0.4 is 10.0 Å². The monoisotopic (exact) mass is 280 g/mol. The molecule has 4 nitrogen and oxygen atoms in total. The van der Waals surface area contributed by atoms with E-state index in [1.54, 1.807) is 12.1 Å². The zero-order valence-electron chi connectivity index (χ0n) is 10.2. The van der Waals surface area contributed by atoms with Gasteiger partial charge in [-0.15, -0.1) is 0 Å². The molecule has 2 rings (SSSR count). The standard InChI is InChI=1S/C13H13FN2O2S/c1-16(11-6-4-5-10(14)9-11)19(17,18)13-8-3-2-7-12(13)15/h2-9H,15H2,1H3. The molecule has 100 valence electrons. The number of para-hydroxylation sites is 1. The Hall–Kier alpha value is -2.08. The molecule has 2 N–H and O–H groups in total. The summed E-state index contributed by atoms with van der Waals surface area (Å²) in [5.41, 5.74) is 6.07. The van der Waals surface area contributed by atoms with Crippen LogP contribution in [0.5, 0.6) is 0 Å². The molecule has 0 aromatic heterocycles. The zero-order valence-corrected chi connectivity index (χ0v) is 11.1. The maximum absolute atomic E-state index is 13.2. The van der Waals surface area contributed by atoms with Crippen LogP contribution in [-0.2, 0) is 10.0 Å². The van der Waals surface area contributed by atoms with E-state index < -0.39 is 15.8 Å². The van der Waals surface area contributed by atoms with Gasteiger partial charge in [0.25, 0.3) is 10.0 Å². The summed E-state index contributed by atoms with van der Waals surface area (Å²) in [7, 11) is -2.44. The molecule has 6 heteroatoms. The third-order valence-corrected chi connectivity index (χ3v) is 4.59. The fourth-order valence-corrected chi connectivity index (χ4v) is 2.98. The van der Waals surface area contributed by atoms with Crippen molar-refractivity contribution in [3.63, 3.8) is 0 Å². The van der Waals surface area contributed by atoms with Crippen LogP contribution in [0.1, 0.15) is 0 Å². The van der Waals surface area contributed by atoms with Crippen molar-refractivity contribution in [1.29, 1.82) is 0 Å². The molecule has 0 aliphatic carbocycles. The molecule has 0 amide bonds. The van der Waals surface area contributed by atoms with Crippen LogP contribution in [0.4, 0.5) is 15.8 Å². The Labute approximate surface area is 111 Å². The first-order valence-corrected chi connectivity index (χ1v) is 6.96. The molecule has 2 aromatic carbocycles. The molecular formula is C13H13FN2O2S. The summed E-state index contributed by atoms with van der Waals surface area (Å²) in [6, 6.07) is 11.5. The first-order chi connectivity index (χ1) is 8.93. The van der Waals surface area contributed by atoms with E-state index in [0.717, 1.165) is 10.4 Å². The average Bonchev–Trinajstić information content (AvgIpc) is 2.38. The molecule has 0 saturated carbocycles. The second-order valence-corrected chi connectivity index (χ2v) is 5.93. The van der Waals surface area contributed by atoms with Gasteiger partial charge in [0, 0.05) is 7.05 Å². The molecule has 0 saturated heterocycles. The molecule has 19 heavy (non-hydrogen) atoms. The minimum atomic E-state index is -3.80. The van der Waals surface area contributed by atoms with E-state index in [9.17, 15) is 12.8 Å². The van der Waals surface area contributed by atoms with Crippen LogP contribution in [-0.4, -0.2) is 15.5 Å². The topological polar surface area (TPSA) is 63.4 Å². The zero-order chi connectivity index (χ0) is 14.0. The number of nitrogen functional groups attached to an aromatic ring is 1. The van der Waals surface area contributed by atoms with Gasteiger partial charge in [-0.25, -0.2) is 12.8 Å². The van der Waals surface area contributed by atoms with Crippen molar-refractivity contribution in [3.05, 3.63) is 54.3 Å². The number of hydrogen-bond acceptors (Lipinski definition) is 3. The lowest BCUT2D eigenvalue weighted by atomic mass is 10.3. The fraction of sp³-hybridized carbons (Fsp3) is 0.0769. The summed E-state index contributed by atoms with van der Waals surface area (Å²) >= 11 is 0. The number of benzene rings is 2. The largest absolute Gasteiger partial charge is 0.398 e. The van der Waals surface area contributed by atoms with Crippen molar-refractivity contribution in [1.82, 2.24) is 0 Å². The summed E-state index contributed by atoms with van der Waals surface area (Å²) in [5, 5.41) is 0. The van der Waals surface area contributed by atoms with Crippen LogP contribution in [0.3, 0.4) is 0 Å². The molecule has 0 aliphatic rings. The van der Waals surface area contributed by atoms with Crippen LogP contribution in [0.15, 0.2) is 53.4 Å². The van der Waals surface area contributed by atoms with Gasteiger partial charge in [-0.2, -0.15) is 0 Å². The Balaban J connectivity index is 2.49. The highest BCUT2D eigenvalue weighted by Crippen LogP contribution is 2.25. The smallest absolute Gasteiger partial charge is 0.266 e. The van der Waals surface area contributed by atoms with Crippen molar-refractivity contribution in [2.45, 2.75) is 4.90 Å². The van der Waals surface area contributed by atoms with E-state index >= 15 is 0 Å². The Kier molecular flexibility index (Phi) is 3.44. The van der Waals surface area contributed by atoms with Gasteiger partial charge >= 0.3 is 0 Å². The number of anilines is 2. The average molecular weight is 280 g/mol. The van der Waals surface area contributed by atoms with Crippen LogP contribution in [0.2, 0.25) is 0 Å². The van der Waals surface area contributed by atoms with E-state index in [-0.39, 0.29) is 16.3 Å². The van der Waals surface area contributed by atoms with Gasteiger partial charge in [-0.05, 0) is 30.3 Å². The van der Waals surface area contributed by atoms with Crippen molar-refractivity contribution in [2.75, 3.05) is 17.1 Å². The molecular weight excluding hydrogens is 267 g/mol. The minimum Gasteiger partial charge on any atom is -0.398 e. The summed E-state index contributed by atoms with van der Waals surface area (Å²) in [4.78, 5) is 0.00163. The molecule has 0 fully saturated rings. The maximum atomic E-state index is 13.2. The molecule has 0 heterocycles. The quantitative estimate of drug-likeness (QED) is 0.877. The fourth-order valence-electron chi connectivity index (χ4n) is 1.67. The van der Waals surface area contributed by atoms with Crippen molar-refractivity contribution in [3.8, 4) is 0 Å². The molecule has 0 atom stereocenters. The van der Waals surface area contributed by atoms with Crippen molar-refractivity contribution < 1.29 is 12.8 Å². The van der Waals surface area contributed by atoms with Crippen molar-refractivity contribution >= 4 is 21.4 Å². The summed E-state index contributed by atoms with van der Waals surface area (Å²) in [6.45, 7) is 0. The van der Waals surface area contributed by atoms with Gasteiger partial charge in [0.15, 0.2) is 0 Å². The summed E-state index contributed by atoms with van der Waals surface area (Å²) < 4.78 is 38.9. The predicted octanol–water partition coefficient (Wildman–Crippen LogP) is 2.23. The van der Waals surface area contributed by atoms with E-state index in [1.807, 2.05) is 0 Å². The lowest BCUT2D eigenvalue weighted by molar-refractivity contribution is 0.594. The Morgan fingerprint density at radius 3 is 2.42 bits per heavy atom. The van der Waals surface area contributed by atoms with E-state index in [0.29, 0.717) is 0 Å². The maximum Gasteiger partial charge on any atom is 0.266 e. The minimum absolute atomic E-state index is 0.00163. The first kappa shape index (κ1) is 13.4. The molecule has 0 spiro atoms. The number of rotatable bonds is 3. The van der Waals surface area contributed by atoms with Crippen LogP contribution in [0, 0.1) is 5.82 Å². The van der Waals surface area contributed by atoms with Crippen LogP contribution >= 0.6 is 0 Å². The van der Waals surface area contributed by atoms with Gasteiger partial charge in [-0.1, -0.05) is 18.2 Å². The lowest BCUT2D eigenvalue weighted by Gasteiger charge is -2.20. The lowest BCUT2D eigenvalue weighted by Crippen LogP contribution is -2.27. The number of halogens is 1. The number of hydrogen-bond donors (Lipinski definition) is 1. The Bertz CT molecular complexity index is 701. The summed E-state index contributed by atoms with van der Waals surface area (Å²) in [6.07, 6.45) is 0. The highest BCUT2D eigenvalue weighted by molar-refractivity contribution is 7.93. The van der Waals surface area contributed by atoms with E-state index in [2.05, 4.69) is 0 Å². The highest BCUT2D eigenvalue weighted by Gasteiger charge is 2.23. The molecule has 0 radical (unpaired) electrons. The molecule has 0 unspecified atom stereocenters. The van der Waals surface area contributed by atoms with Gasteiger partial charge < -0.3 is 5.73 Å². The normalized spacial score (nSPS) is 11.3. The van der Waals surface area contributed by atoms with Gasteiger partial charge in [0.2, 0.25) is 0 Å². The summed E-state index contributed by atoms with van der Waals surface area (Å²) in [5.74, 6) is -0.499. The number of nitrogens with two attached hydrogens (primary N) is 1. The Morgan fingerprint density at radius 2 is 1.79 bits per heavy atom. The SMILES string of the molecule is CN(c1cccc(F)c1)S(=O)(=O)c1ccccc1N. The molecule has 0 bridgehead atoms. The van der Waals surface area contributed by atoms with E-state index in [4.69, 9.17) is 5.73 Å². The predicted molar refractivity (Wildman–Crippen MR) is 72.8 cm³/mol. The van der Waals surface area contributed by atoms with Crippen molar-refractivity contribution in [2.24, 2.45) is 0 Å². The third kappa shape index (κ3) is 2.53. The first-order valence-electron chi connectivity index (χ1n) is 5.52. The molecule has 0 aliphatic heterocycles. The second kappa shape index (κ2) is 4.89. The highest BCUT2D eigenvalue weighted by atomic mass is 32.2. The van der Waals surface area contributed by atoms with Gasteiger partial charge in [0.05, 0.1) is 11.4 Å². The van der Waals surface area contributed by atoms with E-state index in [1.165, 1.54) is 37.4 Å². The second-order valence-electron chi connectivity index (χ2n) is 3.99. The Morgan fingerprint density at radius 1 is 1.11 bits per heavy atom. The molecule has 2 aromatic rings. The van der Waals surface area contributed by atoms with Gasteiger partial charge in [-0.3, -0.25) is 4.31 Å². The third-order valence-electron chi connectivity index (χ3n) is 2.73. The number of sulfonamides is 1. The van der Waals surface area contributed by atoms with Crippen LogP contribution in [0.25, 0.3) is 0 Å². The van der Waals surface area contributed by atoms with Gasteiger partial charge in [0.1, 0.15) is 10.7 Å².